The van der Waals surface area contributed by atoms with Gasteiger partial charge in [0.1, 0.15) is 0 Å². The summed E-state index contributed by atoms with van der Waals surface area (Å²) < 4.78 is 10.7. The fourth-order valence-electron chi connectivity index (χ4n) is 2.31. The summed E-state index contributed by atoms with van der Waals surface area (Å²) in [6, 6.07) is 6.82. The second-order valence-corrected chi connectivity index (χ2v) is 5.29. The van der Waals surface area contributed by atoms with Crippen molar-refractivity contribution >= 4 is 0 Å². The SMILES string of the molecule is CCCCCNC(C)CCc1ccc2c(c1)OCO2. The molecule has 1 N–H and O–H groups in total. The van der Waals surface area contributed by atoms with Gasteiger partial charge in [0.05, 0.1) is 0 Å². The van der Waals surface area contributed by atoms with Crippen molar-refractivity contribution in [3.05, 3.63) is 23.8 Å². The maximum atomic E-state index is 5.40. The van der Waals surface area contributed by atoms with Crippen molar-refractivity contribution in [3.8, 4) is 11.5 Å². The van der Waals surface area contributed by atoms with Crippen LogP contribution in [0.2, 0.25) is 0 Å². The van der Waals surface area contributed by atoms with E-state index in [-0.39, 0.29) is 0 Å². The minimum atomic E-state index is 0.355. The van der Waals surface area contributed by atoms with Crippen LogP contribution in [-0.4, -0.2) is 19.4 Å². The summed E-state index contributed by atoms with van der Waals surface area (Å²) in [6.07, 6.45) is 6.13. The van der Waals surface area contributed by atoms with Gasteiger partial charge in [-0.2, -0.15) is 0 Å². The van der Waals surface area contributed by atoms with E-state index in [1.165, 1.54) is 24.8 Å². The largest absolute Gasteiger partial charge is 0.454 e. The highest BCUT2D eigenvalue weighted by Crippen LogP contribution is 2.32. The summed E-state index contributed by atoms with van der Waals surface area (Å²) >= 11 is 0. The molecule has 2 rings (SSSR count). The van der Waals surface area contributed by atoms with Crippen LogP contribution in [0.1, 0.15) is 45.1 Å². The lowest BCUT2D eigenvalue weighted by Crippen LogP contribution is -2.27. The van der Waals surface area contributed by atoms with Gasteiger partial charge in [-0.1, -0.05) is 25.8 Å². The summed E-state index contributed by atoms with van der Waals surface area (Å²) in [4.78, 5) is 0. The number of benzene rings is 1. The molecule has 106 valence electrons. The van der Waals surface area contributed by atoms with E-state index in [0.717, 1.165) is 30.9 Å². The third-order valence-corrected chi connectivity index (χ3v) is 3.58. The Bertz CT molecular complexity index is 392. The predicted octanol–water partition coefficient (Wildman–Crippen LogP) is 3.52. The molecule has 1 heterocycles. The normalized spacial score (nSPS) is 14.6. The van der Waals surface area contributed by atoms with Crippen LogP contribution in [0.5, 0.6) is 11.5 Å². The molecule has 1 aliphatic rings. The van der Waals surface area contributed by atoms with Gasteiger partial charge in [0.2, 0.25) is 6.79 Å². The molecule has 0 amide bonds. The van der Waals surface area contributed by atoms with Gasteiger partial charge < -0.3 is 14.8 Å². The van der Waals surface area contributed by atoms with E-state index < -0.39 is 0 Å². The molecule has 0 radical (unpaired) electrons. The van der Waals surface area contributed by atoms with Crippen molar-refractivity contribution < 1.29 is 9.47 Å². The van der Waals surface area contributed by atoms with E-state index in [4.69, 9.17) is 9.47 Å². The number of aryl methyl sites for hydroxylation is 1. The Kier molecular flexibility index (Phi) is 5.52. The lowest BCUT2D eigenvalue weighted by Gasteiger charge is -2.13. The summed E-state index contributed by atoms with van der Waals surface area (Å²) in [6.45, 7) is 5.99. The quantitative estimate of drug-likeness (QED) is 0.728. The average Bonchev–Trinajstić information content (AvgIpc) is 2.89. The van der Waals surface area contributed by atoms with Crippen molar-refractivity contribution in [2.75, 3.05) is 13.3 Å². The van der Waals surface area contributed by atoms with Crippen LogP contribution in [0.25, 0.3) is 0 Å². The molecule has 0 fully saturated rings. The topological polar surface area (TPSA) is 30.5 Å². The Morgan fingerprint density at radius 1 is 1.21 bits per heavy atom. The third kappa shape index (κ3) is 4.43. The lowest BCUT2D eigenvalue weighted by molar-refractivity contribution is 0.174. The summed E-state index contributed by atoms with van der Waals surface area (Å²) in [7, 11) is 0. The highest BCUT2D eigenvalue weighted by molar-refractivity contribution is 5.44. The highest BCUT2D eigenvalue weighted by Gasteiger charge is 2.13. The Balaban J connectivity index is 1.70. The van der Waals surface area contributed by atoms with Crippen molar-refractivity contribution in [2.45, 2.75) is 52.0 Å². The monoisotopic (exact) mass is 263 g/mol. The van der Waals surface area contributed by atoms with Crippen LogP contribution in [-0.2, 0) is 6.42 Å². The number of hydrogen-bond donors (Lipinski definition) is 1. The first-order valence-electron chi connectivity index (χ1n) is 7.41. The van der Waals surface area contributed by atoms with E-state index in [2.05, 4.69) is 31.3 Å². The standard InChI is InChI=1S/C16H25NO2/c1-3-4-5-10-17-13(2)6-7-14-8-9-15-16(11-14)19-12-18-15/h8-9,11,13,17H,3-7,10,12H2,1-2H3. The number of fused-ring (bicyclic) bond motifs is 1. The van der Waals surface area contributed by atoms with Crippen molar-refractivity contribution in [2.24, 2.45) is 0 Å². The highest BCUT2D eigenvalue weighted by atomic mass is 16.7. The molecule has 1 aliphatic heterocycles. The van der Waals surface area contributed by atoms with Gasteiger partial charge in [-0.3, -0.25) is 0 Å². The summed E-state index contributed by atoms with van der Waals surface area (Å²) in [5.74, 6) is 1.76. The fourth-order valence-corrected chi connectivity index (χ4v) is 2.31. The molecule has 3 heteroatoms. The summed E-state index contributed by atoms with van der Waals surface area (Å²) in [5.41, 5.74) is 1.33. The minimum absolute atomic E-state index is 0.355. The molecule has 0 bridgehead atoms. The van der Waals surface area contributed by atoms with Crippen LogP contribution < -0.4 is 14.8 Å². The van der Waals surface area contributed by atoms with Gasteiger partial charge in [0.15, 0.2) is 11.5 Å². The van der Waals surface area contributed by atoms with Gasteiger partial charge >= 0.3 is 0 Å². The van der Waals surface area contributed by atoms with Crippen LogP contribution in [0.3, 0.4) is 0 Å². The van der Waals surface area contributed by atoms with Crippen molar-refractivity contribution in [3.63, 3.8) is 0 Å². The van der Waals surface area contributed by atoms with E-state index in [1.54, 1.807) is 0 Å². The molecule has 1 atom stereocenters. The second-order valence-electron chi connectivity index (χ2n) is 5.29. The zero-order valence-electron chi connectivity index (χ0n) is 12.1. The molecular weight excluding hydrogens is 238 g/mol. The molecule has 3 nitrogen and oxygen atoms in total. The molecule has 1 unspecified atom stereocenters. The van der Waals surface area contributed by atoms with Gasteiger partial charge in [-0.05, 0) is 50.4 Å². The third-order valence-electron chi connectivity index (χ3n) is 3.58. The molecule has 0 saturated carbocycles. The molecule has 1 aromatic carbocycles. The van der Waals surface area contributed by atoms with Crippen molar-refractivity contribution in [1.29, 1.82) is 0 Å². The molecule has 19 heavy (non-hydrogen) atoms. The first kappa shape index (κ1) is 14.2. The Labute approximate surface area is 116 Å². The van der Waals surface area contributed by atoms with Gasteiger partial charge in [-0.25, -0.2) is 0 Å². The van der Waals surface area contributed by atoms with E-state index >= 15 is 0 Å². The first-order chi connectivity index (χ1) is 9.29. The zero-order chi connectivity index (χ0) is 13.5. The number of ether oxygens (including phenoxy) is 2. The van der Waals surface area contributed by atoms with Gasteiger partial charge in [-0.15, -0.1) is 0 Å². The lowest BCUT2D eigenvalue weighted by atomic mass is 10.1. The number of nitrogens with one attached hydrogen (secondary N) is 1. The van der Waals surface area contributed by atoms with Crippen LogP contribution in [0, 0.1) is 0 Å². The molecule has 0 aromatic heterocycles. The Hall–Kier alpha value is -1.22. The maximum absolute atomic E-state index is 5.40. The first-order valence-corrected chi connectivity index (χ1v) is 7.41. The number of unbranched alkanes of at least 4 members (excludes halogenated alkanes) is 2. The maximum Gasteiger partial charge on any atom is 0.231 e. The Morgan fingerprint density at radius 2 is 2.05 bits per heavy atom. The molecule has 0 aliphatic carbocycles. The van der Waals surface area contributed by atoms with Crippen molar-refractivity contribution in [1.82, 2.24) is 5.32 Å². The minimum Gasteiger partial charge on any atom is -0.454 e. The Morgan fingerprint density at radius 3 is 2.89 bits per heavy atom. The molecule has 0 spiro atoms. The van der Waals surface area contributed by atoms with Gasteiger partial charge in [0, 0.05) is 6.04 Å². The smallest absolute Gasteiger partial charge is 0.231 e. The van der Waals surface area contributed by atoms with E-state index in [0.29, 0.717) is 12.8 Å². The molecule has 0 saturated heterocycles. The van der Waals surface area contributed by atoms with Crippen LogP contribution >= 0.6 is 0 Å². The average molecular weight is 263 g/mol. The second kappa shape index (κ2) is 7.39. The van der Waals surface area contributed by atoms with E-state index in [9.17, 15) is 0 Å². The van der Waals surface area contributed by atoms with E-state index in [1.807, 2.05) is 6.07 Å². The predicted molar refractivity (Wildman–Crippen MR) is 77.9 cm³/mol. The van der Waals surface area contributed by atoms with Gasteiger partial charge in [0.25, 0.3) is 0 Å². The fraction of sp³-hybridized carbons (Fsp3) is 0.625. The van der Waals surface area contributed by atoms with Crippen LogP contribution in [0.4, 0.5) is 0 Å². The number of hydrogen-bond acceptors (Lipinski definition) is 3. The molecular formula is C16H25NO2. The van der Waals surface area contributed by atoms with Crippen LogP contribution in [0.15, 0.2) is 18.2 Å². The molecule has 1 aromatic rings. The zero-order valence-corrected chi connectivity index (χ0v) is 12.1. The summed E-state index contributed by atoms with van der Waals surface area (Å²) in [5, 5.41) is 3.58. The number of rotatable bonds is 8.